The summed E-state index contributed by atoms with van der Waals surface area (Å²) in [7, 11) is 0. The highest BCUT2D eigenvalue weighted by Crippen LogP contribution is 2.30. The summed E-state index contributed by atoms with van der Waals surface area (Å²) in [6.45, 7) is 3.99. The molecule has 1 amide bonds. The molecule has 4 heteroatoms. The second-order valence-electron chi connectivity index (χ2n) is 5.58. The van der Waals surface area contributed by atoms with Gasteiger partial charge in [0.15, 0.2) is 0 Å². The molecule has 0 aromatic heterocycles. The van der Waals surface area contributed by atoms with Crippen LogP contribution < -0.4 is 5.32 Å². The molecule has 0 bridgehead atoms. The molecule has 1 saturated carbocycles. The van der Waals surface area contributed by atoms with Crippen LogP contribution in [-0.4, -0.2) is 47.7 Å². The number of likely N-dealkylation sites (tertiary alicyclic amines) is 1. The van der Waals surface area contributed by atoms with Crippen LogP contribution in [0.2, 0.25) is 0 Å². The van der Waals surface area contributed by atoms with Crippen LogP contribution in [0.5, 0.6) is 0 Å². The topological polar surface area (TPSA) is 52.6 Å². The quantitative estimate of drug-likeness (QED) is 0.791. The van der Waals surface area contributed by atoms with E-state index in [-0.39, 0.29) is 24.6 Å². The van der Waals surface area contributed by atoms with Crippen molar-refractivity contribution in [2.24, 2.45) is 5.92 Å². The molecule has 2 fully saturated rings. The average Bonchev–Trinajstić information content (AvgIpc) is 2.41. The predicted octanol–water partition coefficient (Wildman–Crippen LogP) is 1.14. The minimum Gasteiger partial charge on any atom is -0.396 e. The highest BCUT2D eigenvalue weighted by molar-refractivity contribution is 5.83. The molecule has 1 aliphatic carbocycles. The molecule has 1 heterocycles. The van der Waals surface area contributed by atoms with Gasteiger partial charge in [-0.2, -0.15) is 0 Å². The Kier molecular flexibility index (Phi) is 5.01. The van der Waals surface area contributed by atoms with Gasteiger partial charge in [0.2, 0.25) is 5.91 Å². The Morgan fingerprint density at radius 1 is 1.28 bits per heavy atom. The fourth-order valence-electron chi connectivity index (χ4n) is 3.48. The van der Waals surface area contributed by atoms with Crippen molar-refractivity contribution in [3.8, 4) is 0 Å². The summed E-state index contributed by atoms with van der Waals surface area (Å²) < 4.78 is 0. The smallest absolute Gasteiger partial charge is 0.239 e. The number of amides is 1. The van der Waals surface area contributed by atoms with Crippen LogP contribution >= 0.6 is 0 Å². The van der Waals surface area contributed by atoms with Gasteiger partial charge in [0.1, 0.15) is 0 Å². The largest absolute Gasteiger partial charge is 0.396 e. The van der Waals surface area contributed by atoms with Crippen molar-refractivity contribution in [1.29, 1.82) is 0 Å². The summed E-state index contributed by atoms with van der Waals surface area (Å²) >= 11 is 0. The van der Waals surface area contributed by atoms with Gasteiger partial charge in [-0.1, -0.05) is 19.8 Å². The molecule has 3 atom stereocenters. The molecule has 2 rings (SSSR count). The van der Waals surface area contributed by atoms with Crippen molar-refractivity contribution in [3.05, 3.63) is 0 Å². The minimum atomic E-state index is 0.00465. The Morgan fingerprint density at radius 3 is 2.78 bits per heavy atom. The minimum absolute atomic E-state index is 0.00465. The monoisotopic (exact) mass is 254 g/mol. The lowest BCUT2D eigenvalue weighted by Crippen LogP contribution is -2.56. The van der Waals surface area contributed by atoms with E-state index in [1.807, 2.05) is 6.92 Å². The fraction of sp³-hybridized carbons (Fsp3) is 0.929. The Balaban J connectivity index is 2.03. The van der Waals surface area contributed by atoms with Gasteiger partial charge < -0.3 is 15.3 Å². The number of aliphatic hydroxyl groups excluding tert-OH is 1. The van der Waals surface area contributed by atoms with Gasteiger partial charge >= 0.3 is 0 Å². The maximum Gasteiger partial charge on any atom is 0.239 e. The summed E-state index contributed by atoms with van der Waals surface area (Å²) in [6.07, 6.45) is 6.56. The lowest BCUT2D eigenvalue weighted by molar-refractivity contribution is -0.141. The lowest BCUT2D eigenvalue weighted by Gasteiger charge is -2.43. The van der Waals surface area contributed by atoms with Crippen LogP contribution in [0.15, 0.2) is 0 Å². The van der Waals surface area contributed by atoms with E-state index in [0.717, 1.165) is 38.8 Å². The van der Waals surface area contributed by atoms with Gasteiger partial charge in [0, 0.05) is 25.1 Å². The van der Waals surface area contributed by atoms with E-state index in [1.54, 1.807) is 0 Å². The van der Waals surface area contributed by atoms with E-state index in [2.05, 4.69) is 10.2 Å². The first-order valence-electron chi connectivity index (χ1n) is 7.42. The number of hydrogen-bond acceptors (Lipinski definition) is 3. The van der Waals surface area contributed by atoms with E-state index < -0.39 is 0 Å². The van der Waals surface area contributed by atoms with Crippen molar-refractivity contribution in [2.75, 3.05) is 19.7 Å². The molecular weight excluding hydrogens is 228 g/mol. The Hall–Kier alpha value is -0.610. The zero-order chi connectivity index (χ0) is 13.0. The number of aliphatic hydroxyl groups is 1. The van der Waals surface area contributed by atoms with Gasteiger partial charge in [-0.25, -0.2) is 0 Å². The van der Waals surface area contributed by atoms with Crippen molar-refractivity contribution in [1.82, 2.24) is 10.2 Å². The summed E-state index contributed by atoms with van der Waals surface area (Å²) in [6, 6.07) is 0.280. The first-order valence-corrected chi connectivity index (χ1v) is 7.42. The number of rotatable bonds is 4. The fourth-order valence-corrected chi connectivity index (χ4v) is 3.48. The Bertz CT molecular complexity index is 281. The maximum absolute atomic E-state index is 12.5. The third-order valence-electron chi connectivity index (χ3n) is 4.43. The molecule has 4 nitrogen and oxygen atoms in total. The predicted molar refractivity (Wildman–Crippen MR) is 71.2 cm³/mol. The van der Waals surface area contributed by atoms with Crippen LogP contribution in [0.4, 0.5) is 0 Å². The van der Waals surface area contributed by atoms with Gasteiger partial charge in [-0.05, 0) is 32.2 Å². The molecule has 3 unspecified atom stereocenters. The number of nitrogens with one attached hydrogen (secondary N) is 1. The summed E-state index contributed by atoms with van der Waals surface area (Å²) in [5, 5.41) is 12.8. The van der Waals surface area contributed by atoms with Gasteiger partial charge in [-0.15, -0.1) is 0 Å². The van der Waals surface area contributed by atoms with Crippen molar-refractivity contribution in [2.45, 2.75) is 57.5 Å². The van der Waals surface area contributed by atoms with E-state index in [4.69, 9.17) is 0 Å². The standard InChI is InChI=1S/C14H26N2O2/c1-2-15-12-7-5-9-16(14(12)18)13-8-4-3-6-11(13)10-17/h11-13,15,17H,2-10H2,1H3. The zero-order valence-corrected chi connectivity index (χ0v) is 11.4. The molecule has 2 N–H and O–H groups in total. The number of piperidine rings is 1. The van der Waals surface area contributed by atoms with Crippen LogP contribution in [0.25, 0.3) is 0 Å². The molecule has 104 valence electrons. The van der Waals surface area contributed by atoms with Crippen molar-refractivity contribution in [3.63, 3.8) is 0 Å². The molecule has 1 saturated heterocycles. The third kappa shape index (κ3) is 2.86. The molecule has 2 aliphatic rings. The van der Waals surface area contributed by atoms with E-state index in [0.29, 0.717) is 5.92 Å². The van der Waals surface area contributed by atoms with Crippen LogP contribution in [-0.2, 0) is 4.79 Å². The summed E-state index contributed by atoms with van der Waals surface area (Å²) in [5.41, 5.74) is 0. The first kappa shape index (κ1) is 13.8. The number of likely N-dealkylation sites (N-methyl/N-ethyl adjacent to an activating group) is 1. The molecule has 18 heavy (non-hydrogen) atoms. The third-order valence-corrected chi connectivity index (χ3v) is 4.43. The lowest BCUT2D eigenvalue weighted by atomic mass is 9.83. The second-order valence-corrected chi connectivity index (χ2v) is 5.58. The van der Waals surface area contributed by atoms with E-state index >= 15 is 0 Å². The summed E-state index contributed by atoms with van der Waals surface area (Å²) in [4.78, 5) is 14.5. The molecule has 0 aromatic rings. The van der Waals surface area contributed by atoms with Crippen LogP contribution in [0.1, 0.15) is 45.4 Å². The molecule has 1 aliphatic heterocycles. The van der Waals surface area contributed by atoms with Gasteiger partial charge in [-0.3, -0.25) is 4.79 Å². The SMILES string of the molecule is CCNC1CCCN(C2CCCCC2CO)C1=O. The van der Waals surface area contributed by atoms with Gasteiger partial charge in [0.25, 0.3) is 0 Å². The van der Waals surface area contributed by atoms with Crippen molar-refractivity contribution < 1.29 is 9.90 Å². The number of nitrogens with zero attached hydrogens (tertiary/aromatic N) is 1. The van der Waals surface area contributed by atoms with Crippen molar-refractivity contribution >= 4 is 5.91 Å². The Morgan fingerprint density at radius 2 is 2.06 bits per heavy atom. The van der Waals surface area contributed by atoms with Crippen LogP contribution in [0.3, 0.4) is 0 Å². The maximum atomic E-state index is 12.5. The molecule has 0 aromatic carbocycles. The Labute approximate surface area is 110 Å². The normalized spacial score (nSPS) is 33.8. The number of hydrogen-bond donors (Lipinski definition) is 2. The first-order chi connectivity index (χ1) is 8.77. The molecular formula is C14H26N2O2. The zero-order valence-electron chi connectivity index (χ0n) is 11.4. The second kappa shape index (κ2) is 6.53. The van der Waals surface area contributed by atoms with E-state index in [1.165, 1.54) is 12.8 Å². The number of carbonyl (C=O) groups is 1. The van der Waals surface area contributed by atoms with Gasteiger partial charge in [0.05, 0.1) is 6.04 Å². The molecule has 0 radical (unpaired) electrons. The highest BCUT2D eigenvalue weighted by Gasteiger charge is 2.37. The van der Waals surface area contributed by atoms with E-state index in [9.17, 15) is 9.90 Å². The number of carbonyl (C=O) groups excluding carboxylic acids is 1. The van der Waals surface area contributed by atoms with Crippen LogP contribution in [0, 0.1) is 5.92 Å². The molecule has 0 spiro atoms. The average molecular weight is 254 g/mol. The summed E-state index contributed by atoms with van der Waals surface area (Å²) in [5.74, 6) is 0.552. The highest BCUT2D eigenvalue weighted by atomic mass is 16.3.